The highest BCUT2D eigenvalue weighted by molar-refractivity contribution is 6.37. The fraction of sp³-hybridized carbons (Fsp3) is 0.625. The molecule has 6 heteroatoms. The fourth-order valence-corrected chi connectivity index (χ4v) is 3.89. The molecule has 1 fully saturated rings. The molecule has 1 aliphatic rings. The molecular weight excluding hydrogens is 321 g/mol. The molecule has 0 bridgehead atoms. The Bertz CT molecular complexity index is 489. The molecule has 1 heterocycles. The molecule has 22 heavy (non-hydrogen) atoms. The van der Waals surface area contributed by atoms with Gasteiger partial charge in [0.25, 0.3) is 0 Å². The number of likely N-dealkylation sites (N-methyl/N-ethyl adjacent to an activating group) is 1. The van der Waals surface area contributed by atoms with Gasteiger partial charge in [0.2, 0.25) is 0 Å². The van der Waals surface area contributed by atoms with Crippen molar-refractivity contribution in [2.45, 2.75) is 25.9 Å². The number of hydrogen-bond acceptors (Lipinski definition) is 4. The zero-order valence-electron chi connectivity index (χ0n) is 13.5. The van der Waals surface area contributed by atoms with Crippen LogP contribution in [0.3, 0.4) is 0 Å². The number of nitrogens with zero attached hydrogens (tertiary/aromatic N) is 2. The first-order chi connectivity index (χ1) is 10.5. The molecule has 4 nitrogen and oxygen atoms in total. The van der Waals surface area contributed by atoms with Crippen molar-refractivity contribution in [3.8, 4) is 5.75 Å². The third-order valence-electron chi connectivity index (χ3n) is 4.44. The third-order valence-corrected chi connectivity index (χ3v) is 5.00. The van der Waals surface area contributed by atoms with Crippen LogP contribution < -0.4 is 10.5 Å². The van der Waals surface area contributed by atoms with Gasteiger partial charge in [-0.05, 0) is 31.2 Å². The van der Waals surface area contributed by atoms with Crippen LogP contribution in [0.1, 0.15) is 25.5 Å². The smallest absolute Gasteiger partial charge is 0.156 e. The number of methoxy groups -OCH3 is 1. The van der Waals surface area contributed by atoms with Gasteiger partial charge >= 0.3 is 0 Å². The van der Waals surface area contributed by atoms with E-state index < -0.39 is 0 Å². The highest BCUT2D eigenvalue weighted by atomic mass is 35.5. The SMILES string of the molecule is CCN1CCN(C(CN)c2cc(Cl)c(OC)c(Cl)c2)C(C)C1. The Balaban J connectivity index is 2.25. The van der Waals surface area contributed by atoms with E-state index in [1.807, 2.05) is 12.1 Å². The van der Waals surface area contributed by atoms with E-state index in [-0.39, 0.29) is 6.04 Å². The maximum absolute atomic E-state index is 6.28. The maximum Gasteiger partial charge on any atom is 0.156 e. The second kappa shape index (κ2) is 7.84. The van der Waals surface area contributed by atoms with Crippen molar-refractivity contribution in [2.24, 2.45) is 5.73 Å². The van der Waals surface area contributed by atoms with E-state index in [0.717, 1.165) is 31.7 Å². The van der Waals surface area contributed by atoms with Crippen molar-refractivity contribution in [2.75, 3.05) is 39.8 Å². The van der Waals surface area contributed by atoms with Gasteiger partial charge in [0, 0.05) is 38.3 Å². The molecule has 0 amide bonds. The van der Waals surface area contributed by atoms with Gasteiger partial charge in [-0.3, -0.25) is 4.90 Å². The van der Waals surface area contributed by atoms with Crippen LogP contribution in [0.4, 0.5) is 0 Å². The van der Waals surface area contributed by atoms with Gasteiger partial charge in [0.05, 0.1) is 17.2 Å². The molecule has 0 aliphatic carbocycles. The van der Waals surface area contributed by atoms with Crippen LogP contribution >= 0.6 is 23.2 Å². The van der Waals surface area contributed by atoms with Crippen molar-refractivity contribution in [1.82, 2.24) is 9.80 Å². The third kappa shape index (κ3) is 3.69. The first-order valence-corrected chi connectivity index (χ1v) is 8.48. The molecule has 2 rings (SSSR count). The average molecular weight is 346 g/mol. The quantitative estimate of drug-likeness (QED) is 0.890. The Kier molecular flexibility index (Phi) is 6.36. The lowest BCUT2D eigenvalue weighted by molar-refractivity contribution is 0.0536. The number of halogens is 2. The molecule has 0 spiro atoms. The van der Waals surface area contributed by atoms with E-state index in [9.17, 15) is 0 Å². The summed E-state index contributed by atoms with van der Waals surface area (Å²) in [7, 11) is 1.57. The van der Waals surface area contributed by atoms with Gasteiger partial charge in [-0.15, -0.1) is 0 Å². The molecule has 124 valence electrons. The molecule has 0 saturated carbocycles. The molecule has 0 radical (unpaired) electrons. The Labute approximate surface area is 143 Å². The number of hydrogen-bond donors (Lipinski definition) is 1. The van der Waals surface area contributed by atoms with Gasteiger partial charge in [-0.1, -0.05) is 30.1 Å². The predicted octanol–water partition coefficient (Wildman–Crippen LogP) is 3.03. The van der Waals surface area contributed by atoms with Crippen molar-refractivity contribution < 1.29 is 4.74 Å². The summed E-state index contributed by atoms with van der Waals surface area (Å²) in [5.74, 6) is 0.520. The number of nitrogens with two attached hydrogens (primary N) is 1. The first kappa shape index (κ1) is 17.8. The Morgan fingerprint density at radius 3 is 2.41 bits per heavy atom. The van der Waals surface area contributed by atoms with E-state index >= 15 is 0 Å². The summed E-state index contributed by atoms with van der Waals surface area (Å²) >= 11 is 12.6. The van der Waals surface area contributed by atoms with E-state index in [1.165, 1.54) is 0 Å². The van der Waals surface area contributed by atoms with Crippen molar-refractivity contribution in [3.05, 3.63) is 27.7 Å². The molecule has 0 aromatic heterocycles. The van der Waals surface area contributed by atoms with Gasteiger partial charge < -0.3 is 15.4 Å². The molecule has 1 aliphatic heterocycles. The van der Waals surface area contributed by atoms with Crippen LogP contribution in [-0.2, 0) is 0 Å². The lowest BCUT2D eigenvalue weighted by Crippen LogP contribution is -2.53. The van der Waals surface area contributed by atoms with E-state index in [4.69, 9.17) is 33.7 Å². The largest absolute Gasteiger partial charge is 0.494 e. The normalized spacial score (nSPS) is 21.8. The highest BCUT2D eigenvalue weighted by Crippen LogP contribution is 2.37. The van der Waals surface area contributed by atoms with Crippen LogP contribution in [0.5, 0.6) is 5.75 Å². The summed E-state index contributed by atoms with van der Waals surface area (Å²) in [5, 5.41) is 1.06. The summed E-state index contributed by atoms with van der Waals surface area (Å²) in [6.07, 6.45) is 0. The monoisotopic (exact) mass is 345 g/mol. The van der Waals surface area contributed by atoms with Crippen molar-refractivity contribution in [3.63, 3.8) is 0 Å². The summed E-state index contributed by atoms with van der Waals surface area (Å²) in [6, 6.07) is 4.41. The number of benzene rings is 1. The van der Waals surface area contributed by atoms with E-state index in [2.05, 4.69) is 23.6 Å². The lowest BCUT2D eigenvalue weighted by atomic mass is 10.0. The van der Waals surface area contributed by atoms with Crippen LogP contribution in [0.25, 0.3) is 0 Å². The maximum atomic E-state index is 6.28. The van der Waals surface area contributed by atoms with Gasteiger partial charge in [-0.25, -0.2) is 0 Å². The minimum Gasteiger partial charge on any atom is -0.494 e. The summed E-state index contributed by atoms with van der Waals surface area (Å²) in [5.41, 5.74) is 7.11. The molecule has 1 aromatic carbocycles. The molecule has 2 atom stereocenters. The lowest BCUT2D eigenvalue weighted by Gasteiger charge is -2.43. The van der Waals surface area contributed by atoms with Crippen LogP contribution in [-0.4, -0.2) is 55.7 Å². The summed E-state index contributed by atoms with van der Waals surface area (Å²) < 4.78 is 5.22. The minimum absolute atomic E-state index is 0.120. The van der Waals surface area contributed by atoms with Crippen LogP contribution in [0.15, 0.2) is 12.1 Å². The number of rotatable bonds is 5. The number of ether oxygens (including phenoxy) is 1. The highest BCUT2D eigenvalue weighted by Gasteiger charge is 2.29. The summed E-state index contributed by atoms with van der Waals surface area (Å²) in [6.45, 7) is 9.20. The fourth-order valence-electron chi connectivity index (χ4n) is 3.23. The zero-order chi connectivity index (χ0) is 16.3. The second-order valence-corrected chi connectivity index (χ2v) is 6.56. The zero-order valence-corrected chi connectivity index (χ0v) is 15.0. The van der Waals surface area contributed by atoms with Crippen molar-refractivity contribution >= 4 is 23.2 Å². The Hall–Kier alpha value is -0.520. The van der Waals surface area contributed by atoms with Crippen LogP contribution in [0, 0.1) is 0 Å². The number of piperazine rings is 1. The molecule has 1 aromatic rings. The van der Waals surface area contributed by atoms with E-state index in [0.29, 0.717) is 28.4 Å². The topological polar surface area (TPSA) is 41.7 Å². The van der Waals surface area contributed by atoms with Gasteiger partial charge in [-0.2, -0.15) is 0 Å². The predicted molar refractivity (Wildman–Crippen MR) is 93.1 cm³/mol. The Morgan fingerprint density at radius 2 is 1.95 bits per heavy atom. The van der Waals surface area contributed by atoms with E-state index in [1.54, 1.807) is 7.11 Å². The Morgan fingerprint density at radius 1 is 1.32 bits per heavy atom. The molecular formula is C16H25Cl2N3O. The standard InChI is InChI=1S/C16H25Cl2N3O/c1-4-20-5-6-21(11(2)10-20)15(9-19)12-7-13(17)16(22-3)14(18)8-12/h7-8,11,15H,4-6,9-10,19H2,1-3H3. The second-order valence-electron chi connectivity index (χ2n) is 5.75. The first-order valence-electron chi connectivity index (χ1n) is 7.72. The van der Waals surface area contributed by atoms with Gasteiger partial charge in [0.1, 0.15) is 0 Å². The van der Waals surface area contributed by atoms with Crippen molar-refractivity contribution in [1.29, 1.82) is 0 Å². The average Bonchev–Trinajstić information content (AvgIpc) is 2.49. The molecule has 2 unspecified atom stereocenters. The van der Waals surface area contributed by atoms with Gasteiger partial charge in [0.15, 0.2) is 5.75 Å². The minimum atomic E-state index is 0.120. The molecule has 2 N–H and O–H groups in total. The summed E-state index contributed by atoms with van der Waals surface area (Å²) in [4.78, 5) is 4.91. The van der Waals surface area contributed by atoms with Crippen LogP contribution in [0.2, 0.25) is 10.0 Å². The molecule has 1 saturated heterocycles.